The van der Waals surface area contributed by atoms with Crippen molar-refractivity contribution in [2.45, 2.75) is 0 Å². The molecule has 0 fully saturated rings. The summed E-state index contributed by atoms with van der Waals surface area (Å²) in [4.78, 5) is 0. The Morgan fingerprint density at radius 3 is 2.13 bits per heavy atom. The fraction of sp³-hybridized carbons (Fsp3) is 0. The first-order chi connectivity index (χ1) is 6.90. The van der Waals surface area contributed by atoms with E-state index in [1.165, 1.54) is 0 Å². The van der Waals surface area contributed by atoms with Crippen LogP contribution in [0.2, 0.25) is 0 Å². The average Bonchev–Trinajstić information content (AvgIpc) is 2.30. The zero-order chi connectivity index (χ0) is 9.80. The molecule has 0 unspecified atom stereocenters. The van der Waals surface area contributed by atoms with Gasteiger partial charge in [-0.25, -0.2) is 0 Å². The van der Waals surface area contributed by atoms with Crippen LogP contribution < -0.4 is 0 Å². The number of nitriles is 1. The van der Waals surface area contributed by atoms with Crippen molar-refractivity contribution in [2.24, 2.45) is 0 Å². The standard InChI is InChI=1S/C13H9N.ClH/c14-10-11-5-4-8-13(9-11)12-6-2-1-3-7-12;/h1-9H;1H. The number of hydrogen-bond donors (Lipinski definition) is 0. The minimum Gasteiger partial charge on any atom is -0.192 e. The molecule has 2 heteroatoms. The second kappa shape index (κ2) is 5.19. The molecule has 2 aromatic carbocycles. The summed E-state index contributed by atoms with van der Waals surface area (Å²) in [5.41, 5.74) is 2.93. The molecular formula is C13H10ClN. The van der Waals surface area contributed by atoms with Gasteiger partial charge >= 0.3 is 0 Å². The highest BCUT2D eigenvalue weighted by atomic mass is 35.5. The molecule has 0 spiro atoms. The van der Waals surface area contributed by atoms with Crippen LogP contribution in [0, 0.1) is 11.3 Å². The fourth-order valence-corrected chi connectivity index (χ4v) is 1.40. The second-order valence-corrected chi connectivity index (χ2v) is 3.06. The van der Waals surface area contributed by atoms with Crippen LogP contribution in [0.5, 0.6) is 0 Å². The van der Waals surface area contributed by atoms with Crippen molar-refractivity contribution >= 4 is 12.4 Å². The molecule has 2 rings (SSSR count). The lowest BCUT2D eigenvalue weighted by atomic mass is 10.0. The molecule has 0 atom stereocenters. The maximum Gasteiger partial charge on any atom is 0.0991 e. The predicted molar refractivity (Wildman–Crippen MR) is 63.8 cm³/mol. The summed E-state index contributed by atoms with van der Waals surface area (Å²) in [7, 11) is 0. The summed E-state index contributed by atoms with van der Waals surface area (Å²) in [6.07, 6.45) is 0. The van der Waals surface area contributed by atoms with Crippen molar-refractivity contribution in [1.29, 1.82) is 5.26 Å². The van der Waals surface area contributed by atoms with Crippen molar-refractivity contribution in [3.63, 3.8) is 0 Å². The van der Waals surface area contributed by atoms with Gasteiger partial charge in [-0.2, -0.15) is 5.26 Å². The molecule has 2 aromatic rings. The van der Waals surface area contributed by atoms with E-state index in [2.05, 4.69) is 6.07 Å². The third kappa shape index (κ3) is 2.59. The molecule has 0 aromatic heterocycles. The number of nitrogens with zero attached hydrogens (tertiary/aromatic N) is 1. The Kier molecular flexibility index (Phi) is 3.91. The summed E-state index contributed by atoms with van der Waals surface area (Å²) >= 11 is 0. The predicted octanol–water partition coefficient (Wildman–Crippen LogP) is 3.65. The molecule has 74 valence electrons. The molecule has 0 N–H and O–H groups in total. The smallest absolute Gasteiger partial charge is 0.0991 e. The first kappa shape index (κ1) is 11.3. The maximum absolute atomic E-state index is 8.76. The normalized spacial score (nSPS) is 8.73. The monoisotopic (exact) mass is 215 g/mol. The van der Waals surface area contributed by atoms with Gasteiger partial charge in [-0.15, -0.1) is 12.4 Å². The van der Waals surface area contributed by atoms with Gasteiger partial charge in [0, 0.05) is 0 Å². The molecular weight excluding hydrogens is 206 g/mol. The summed E-state index contributed by atoms with van der Waals surface area (Å²) in [5.74, 6) is 0. The van der Waals surface area contributed by atoms with E-state index in [0.717, 1.165) is 11.1 Å². The molecule has 15 heavy (non-hydrogen) atoms. The van der Waals surface area contributed by atoms with Gasteiger partial charge in [0.25, 0.3) is 0 Å². The van der Waals surface area contributed by atoms with Crippen molar-refractivity contribution in [1.82, 2.24) is 0 Å². The third-order valence-corrected chi connectivity index (χ3v) is 2.10. The van der Waals surface area contributed by atoms with Gasteiger partial charge in [-0.05, 0) is 23.3 Å². The average molecular weight is 216 g/mol. The van der Waals surface area contributed by atoms with E-state index >= 15 is 0 Å². The maximum atomic E-state index is 8.76. The van der Waals surface area contributed by atoms with Gasteiger partial charge in [-0.1, -0.05) is 42.5 Å². The van der Waals surface area contributed by atoms with E-state index in [0.29, 0.717) is 5.56 Å². The summed E-state index contributed by atoms with van der Waals surface area (Å²) < 4.78 is 0. The van der Waals surface area contributed by atoms with Crippen molar-refractivity contribution in [2.75, 3.05) is 0 Å². The van der Waals surface area contributed by atoms with Crippen molar-refractivity contribution in [3.8, 4) is 17.2 Å². The summed E-state index contributed by atoms with van der Waals surface area (Å²) in [6, 6.07) is 19.8. The van der Waals surface area contributed by atoms with Gasteiger partial charge < -0.3 is 0 Å². The first-order valence-corrected chi connectivity index (χ1v) is 4.46. The lowest BCUT2D eigenvalue weighted by Crippen LogP contribution is -1.78. The lowest BCUT2D eigenvalue weighted by molar-refractivity contribution is 1.48. The quantitative estimate of drug-likeness (QED) is 0.713. The molecule has 0 amide bonds. The van der Waals surface area contributed by atoms with E-state index in [1.54, 1.807) is 0 Å². The third-order valence-electron chi connectivity index (χ3n) is 2.10. The Morgan fingerprint density at radius 1 is 0.800 bits per heavy atom. The summed E-state index contributed by atoms with van der Waals surface area (Å²) in [5, 5.41) is 8.76. The van der Waals surface area contributed by atoms with Gasteiger partial charge in [0.2, 0.25) is 0 Å². The number of halogens is 1. The van der Waals surface area contributed by atoms with Crippen LogP contribution in [-0.4, -0.2) is 0 Å². The Bertz CT molecular complexity index is 471. The van der Waals surface area contributed by atoms with Crippen LogP contribution in [-0.2, 0) is 0 Å². The van der Waals surface area contributed by atoms with Crippen LogP contribution in [0.4, 0.5) is 0 Å². The molecule has 0 saturated carbocycles. The highest BCUT2D eigenvalue weighted by molar-refractivity contribution is 5.85. The van der Waals surface area contributed by atoms with Crippen molar-refractivity contribution in [3.05, 3.63) is 60.2 Å². The van der Waals surface area contributed by atoms with Gasteiger partial charge in [-0.3, -0.25) is 0 Å². The SMILES string of the molecule is Cl.N#Cc1cccc(-c2ccccc2)c1. The molecule has 0 saturated heterocycles. The molecule has 1 nitrogen and oxygen atoms in total. The van der Waals surface area contributed by atoms with E-state index in [-0.39, 0.29) is 12.4 Å². The highest BCUT2D eigenvalue weighted by Crippen LogP contribution is 2.19. The molecule has 0 aliphatic carbocycles. The molecule has 0 radical (unpaired) electrons. The van der Waals surface area contributed by atoms with Crippen LogP contribution in [0.15, 0.2) is 54.6 Å². The Morgan fingerprint density at radius 2 is 1.47 bits per heavy atom. The van der Waals surface area contributed by atoms with Crippen LogP contribution >= 0.6 is 12.4 Å². The molecule has 0 aliphatic rings. The number of benzene rings is 2. The topological polar surface area (TPSA) is 23.8 Å². The minimum atomic E-state index is 0. The highest BCUT2D eigenvalue weighted by Gasteiger charge is 1.96. The van der Waals surface area contributed by atoms with Gasteiger partial charge in [0.1, 0.15) is 0 Å². The Balaban J connectivity index is 0.00000112. The largest absolute Gasteiger partial charge is 0.192 e. The van der Waals surface area contributed by atoms with Gasteiger partial charge in [0.15, 0.2) is 0 Å². The molecule has 0 bridgehead atoms. The lowest BCUT2D eigenvalue weighted by Gasteiger charge is -2.00. The Hall–Kier alpha value is -1.78. The van der Waals surface area contributed by atoms with Crippen molar-refractivity contribution < 1.29 is 0 Å². The summed E-state index contributed by atoms with van der Waals surface area (Å²) in [6.45, 7) is 0. The second-order valence-electron chi connectivity index (χ2n) is 3.06. The zero-order valence-corrected chi connectivity index (χ0v) is 8.87. The van der Waals surface area contributed by atoms with Crippen LogP contribution in [0.1, 0.15) is 5.56 Å². The van der Waals surface area contributed by atoms with E-state index < -0.39 is 0 Å². The first-order valence-electron chi connectivity index (χ1n) is 4.46. The van der Waals surface area contributed by atoms with Crippen LogP contribution in [0.3, 0.4) is 0 Å². The Labute approximate surface area is 95.4 Å². The van der Waals surface area contributed by atoms with E-state index in [1.807, 2.05) is 54.6 Å². The fourth-order valence-electron chi connectivity index (χ4n) is 1.40. The number of hydrogen-bond acceptors (Lipinski definition) is 1. The molecule has 0 aliphatic heterocycles. The van der Waals surface area contributed by atoms with Crippen LogP contribution in [0.25, 0.3) is 11.1 Å². The minimum absolute atomic E-state index is 0. The van der Waals surface area contributed by atoms with E-state index in [4.69, 9.17) is 5.26 Å². The van der Waals surface area contributed by atoms with E-state index in [9.17, 15) is 0 Å². The molecule has 0 heterocycles. The van der Waals surface area contributed by atoms with Gasteiger partial charge in [0.05, 0.1) is 11.6 Å². The number of rotatable bonds is 1. The zero-order valence-electron chi connectivity index (χ0n) is 8.05.